The van der Waals surface area contributed by atoms with Crippen LogP contribution in [0.4, 0.5) is 0 Å². The molecule has 2 fully saturated rings. The maximum atomic E-state index is 12.9. The number of nitrogens with zero attached hydrogens (tertiary/aromatic N) is 1. The number of rotatable bonds is 7. The Morgan fingerprint density at radius 3 is 2.50 bits per heavy atom. The van der Waals surface area contributed by atoms with Crippen LogP contribution in [-0.2, 0) is 19.6 Å². The highest BCUT2D eigenvalue weighted by molar-refractivity contribution is 7.89. The molecule has 1 atom stereocenters. The largest absolute Gasteiger partial charge is 0.493 e. The molecule has 2 saturated heterocycles. The van der Waals surface area contributed by atoms with Gasteiger partial charge in [-0.15, -0.1) is 0 Å². The van der Waals surface area contributed by atoms with Gasteiger partial charge in [-0.05, 0) is 37.8 Å². The van der Waals surface area contributed by atoms with Gasteiger partial charge in [0.1, 0.15) is 0 Å². The Labute approximate surface area is 166 Å². The maximum absolute atomic E-state index is 12.9. The molecule has 28 heavy (non-hydrogen) atoms. The van der Waals surface area contributed by atoms with E-state index < -0.39 is 10.0 Å². The monoisotopic (exact) mass is 412 g/mol. The molecule has 1 aromatic rings. The minimum Gasteiger partial charge on any atom is -0.493 e. The molecule has 0 bridgehead atoms. The van der Waals surface area contributed by atoms with Gasteiger partial charge in [0.2, 0.25) is 15.9 Å². The summed E-state index contributed by atoms with van der Waals surface area (Å²) in [5.41, 5.74) is 0. The topological polar surface area (TPSA) is 94.2 Å². The number of ether oxygens (including phenoxy) is 3. The first-order chi connectivity index (χ1) is 13.5. The van der Waals surface area contributed by atoms with Gasteiger partial charge in [-0.1, -0.05) is 0 Å². The molecule has 0 radical (unpaired) electrons. The Morgan fingerprint density at radius 1 is 1.18 bits per heavy atom. The summed E-state index contributed by atoms with van der Waals surface area (Å²) in [7, 11) is -0.680. The molecule has 0 spiro atoms. The van der Waals surface area contributed by atoms with E-state index in [1.165, 1.54) is 30.7 Å². The Balaban J connectivity index is 1.58. The predicted octanol–water partition coefficient (Wildman–Crippen LogP) is 1.40. The van der Waals surface area contributed by atoms with Crippen LogP contribution in [-0.4, -0.2) is 65.2 Å². The molecule has 1 N–H and O–H groups in total. The van der Waals surface area contributed by atoms with E-state index in [2.05, 4.69) is 5.32 Å². The maximum Gasteiger partial charge on any atom is 0.243 e. The third-order valence-corrected chi connectivity index (χ3v) is 7.24. The number of carbonyl (C=O) groups excluding carboxylic acids is 1. The van der Waals surface area contributed by atoms with Gasteiger partial charge in [-0.3, -0.25) is 4.79 Å². The lowest BCUT2D eigenvalue weighted by molar-refractivity contribution is -0.126. The summed E-state index contributed by atoms with van der Waals surface area (Å²) < 4.78 is 43.2. The van der Waals surface area contributed by atoms with Crippen molar-refractivity contribution >= 4 is 15.9 Å². The third kappa shape index (κ3) is 4.59. The molecule has 1 aromatic carbocycles. The average molecular weight is 413 g/mol. The first-order valence-corrected chi connectivity index (χ1v) is 11.0. The normalized spacial score (nSPS) is 21.4. The van der Waals surface area contributed by atoms with Crippen LogP contribution in [0.15, 0.2) is 23.1 Å². The zero-order valence-corrected chi connectivity index (χ0v) is 17.2. The minimum absolute atomic E-state index is 0.0151. The van der Waals surface area contributed by atoms with Crippen LogP contribution in [0.5, 0.6) is 11.5 Å². The van der Waals surface area contributed by atoms with E-state index in [1.54, 1.807) is 6.07 Å². The van der Waals surface area contributed by atoms with Gasteiger partial charge in [0.15, 0.2) is 11.5 Å². The summed E-state index contributed by atoms with van der Waals surface area (Å²) in [6.45, 7) is 1.92. The highest BCUT2D eigenvalue weighted by atomic mass is 32.2. The van der Waals surface area contributed by atoms with E-state index in [0.717, 1.165) is 19.4 Å². The lowest BCUT2D eigenvalue weighted by atomic mass is 9.97. The molecule has 1 amide bonds. The van der Waals surface area contributed by atoms with Crippen molar-refractivity contribution in [1.82, 2.24) is 9.62 Å². The summed E-state index contributed by atoms with van der Waals surface area (Å²) in [6, 6.07) is 4.56. The first kappa shape index (κ1) is 20.9. The highest BCUT2D eigenvalue weighted by Crippen LogP contribution is 2.32. The molecule has 156 valence electrons. The van der Waals surface area contributed by atoms with Crippen molar-refractivity contribution in [3.8, 4) is 11.5 Å². The van der Waals surface area contributed by atoms with Gasteiger partial charge in [0, 0.05) is 38.2 Å². The minimum atomic E-state index is -3.65. The molecule has 8 nitrogen and oxygen atoms in total. The molecule has 2 aliphatic rings. The number of amides is 1. The summed E-state index contributed by atoms with van der Waals surface area (Å²) in [5.74, 6) is 0.659. The fraction of sp³-hybridized carbons (Fsp3) is 0.632. The van der Waals surface area contributed by atoms with E-state index in [0.29, 0.717) is 44.0 Å². The smallest absolute Gasteiger partial charge is 0.243 e. The summed E-state index contributed by atoms with van der Waals surface area (Å²) >= 11 is 0. The van der Waals surface area contributed by atoms with Crippen LogP contribution >= 0.6 is 0 Å². The second-order valence-electron chi connectivity index (χ2n) is 7.08. The van der Waals surface area contributed by atoms with Gasteiger partial charge >= 0.3 is 0 Å². The van der Waals surface area contributed by atoms with Crippen molar-refractivity contribution < 1.29 is 27.4 Å². The second kappa shape index (κ2) is 9.11. The Kier molecular flexibility index (Phi) is 6.79. The van der Waals surface area contributed by atoms with E-state index in [9.17, 15) is 13.2 Å². The number of hydrogen-bond donors (Lipinski definition) is 1. The van der Waals surface area contributed by atoms with Crippen molar-refractivity contribution in [3.05, 3.63) is 18.2 Å². The number of carbonyl (C=O) groups is 1. The fourth-order valence-electron chi connectivity index (χ4n) is 3.65. The van der Waals surface area contributed by atoms with Crippen molar-refractivity contribution in [2.24, 2.45) is 5.92 Å². The van der Waals surface area contributed by atoms with E-state index in [1.807, 2.05) is 0 Å². The SMILES string of the molecule is COc1ccc(S(=O)(=O)N2CCC(C(=O)NC[C@@H]3CCCO3)CC2)cc1OC. The summed E-state index contributed by atoms with van der Waals surface area (Å²) in [4.78, 5) is 12.5. The molecule has 0 aliphatic carbocycles. The first-order valence-electron chi connectivity index (χ1n) is 9.57. The third-order valence-electron chi connectivity index (χ3n) is 5.35. The van der Waals surface area contributed by atoms with Crippen LogP contribution in [0.1, 0.15) is 25.7 Å². The van der Waals surface area contributed by atoms with Gasteiger partial charge in [-0.25, -0.2) is 8.42 Å². The highest BCUT2D eigenvalue weighted by Gasteiger charge is 2.32. The molecule has 0 saturated carbocycles. The quantitative estimate of drug-likeness (QED) is 0.728. The van der Waals surface area contributed by atoms with Crippen molar-refractivity contribution in [1.29, 1.82) is 0 Å². The lowest BCUT2D eigenvalue weighted by Gasteiger charge is -2.30. The molecular weight excluding hydrogens is 384 g/mol. The molecule has 0 aromatic heterocycles. The second-order valence-corrected chi connectivity index (χ2v) is 9.01. The molecule has 2 aliphatic heterocycles. The summed E-state index contributed by atoms with van der Waals surface area (Å²) in [5, 5.41) is 2.94. The Morgan fingerprint density at radius 2 is 1.89 bits per heavy atom. The zero-order chi connectivity index (χ0) is 20.1. The fourth-order valence-corrected chi connectivity index (χ4v) is 5.13. The van der Waals surface area contributed by atoms with Crippen LogP contribution in [0, 0.1) is 5.92 Å². The Bertz CT molecular complexity index is 784. The zero-order valence-electron chi connectivity index (χ0n) is 16.3. The molecule has 3 rings (SSSR count). The van der Waals surface area contributed by atoms with E-state index in [-0.39, 0.29) is 22.8 Å². The number of piperidine rings is 1. The number of hydrogen-bond acceptors (Lipinski definition) is 6. The van der Waals surface area contributed by atoms with Crippen molar-refractivity contribution in [3.63, 3.8) is 0 Å². The van der Waals surface area contributed by atoms with E-state index in [4.69, 9.17) is 14.2 Å². The van der Waals surface area contributed by atoms with Crippen LogP contribution in [0.25, 0.3) is 0 Å². The number of nitrogens with one attached hydrogen (secondary N) is 1. The number of benzene rings is 1. The number of methoxy groups -OCH3 is 2. The van der Waals surface area contributed by atoms with Crippen LogP contribution < -0.4 is 14.8 Å². The molecular formula is C19H28N2O6S. The number of sulfonamides is 1. The van der Waals surface area contributed by atoms with Crippen LogP contribution in [0.2, 0.25) is 0 Å². The molecule has 0 unspecified atom stereocenters. The standard InChI is InChI=1S/C19H28N2O6S/c1-25-17-6-5-16(12-18(17)26-2)28(23,24)21-9-7-14(8-10-21)19(22)20-13-15-4-3-11-27-15/h5-6,12,14-15H,3-4,7-11,13H2,1-2H3,(H,20,22)/t15-/m0/s1. The average Bonchev–Trinajstić information content (AvgIpc) is 3.25. The predicted molar refractivity (Wildman–Crippen MR) is 103 cm³/mol. The van der Waals surface area contributed by atoms with Crippen molar-refractivity contribution in [2.75, 3.05) is 40.5 Å². The van der Waals surface area contributed by atoms with Crippen LogP contribution in [0.3, 0.4) is 0 Å². The van der Waals surface area contributed by atoms with Gasteiger partial charge in [-0.2, -0.15) is 4.31 Å². The summed E-state index contributed by atoms with van der Waals surface area (Å²) in [6.07, 6.45) is 3.12. The van der Waals surface area contributed by atoms with Gasteiger partial charge < -0.3 is 19.5 Å². The van der Waals surface area contributed by atoms with E-state index >= 15 is 0 Å². The van der Waals surface area contributed by atoms with Gasteiger partial charge in [0.05, 0.1) is 25.2 Å². The molecule has 9 heteroatoms. The molecule has 2 heterocycles. The van der Waals surface area contributed by atoms with Gasteiger partial charge in [0.25, 0.3) is 0 Å². The van der Waals surface area contributed by atoms with Crippen molar-refractivity contribution in [2.45, 2.75) is 36.7 Å². The Hall–Kier alpha value is -1.84. The lowest BCUT2D eigenvalue weighted by Crippen LogP contribution is -2.44.